The standard InChI is InChI=1S/C14H13Br2NS2/c1-8-6-12(10-4-5-18-14(10)19-8)17-13-7-9(15)2-3-11(13)16/h2-5,7-8,12,17H,6H2,1H3/t8-,12?/m0/s1. The highest BCUT2D eigenvalue weighted by Crippen LogP contribution is 2.45. The molecule has 0 saturated carbocycles. The zero-order chi connectivity index (χ0) is 13.4. The Morgan fingerprint density at radius 1 is 1.26 bits per heavy atom. The van der Waals surface area contributed by atoms with Crippen LogP contribution in [0.15, 0.2) is 42.8 Å². The second-order valence-corrected chi connectivity index (χ2v) is 9.04. The molecule has 0 aliphatic carbocycles. The number of thioether (sulfide) groups is 1. The van der Waals surface area contributed by atoms with Crippen molar-refractivity contribution in [1.82, 2.24) is 0 Å². The Balaban J connectivity index is 1.90. The predicted molar refractivity (Wildman–Crippen MR) is 92.5 cm³/mol. The average molecular weight is 419 g/mol. The highest BCUT2D eigenvalue weighted by Gasteiger charge is 2.26. The van der Waals surface area contributed by atoms with E-state index in [0.29, 0.717) is 11.3 Å². The molecule has 2 heterocycles. The van der Waals surface area contributed by atoms with E-state index in [-0.39, 0.29) is 0 Å². The lowest BCUT2D eigenvalue weighted by Crippen LogP contribution is -2.19. The van der Waals surface area contributed by atoms with E-state index in [1.165, 1.54) is 9.77 Å². The van der Waals surface area contributed by atoms with Gasteiger partial charge in [-0.3, -0.25) is 0 Å². The smallest absolute Gasteiger partial charge is 0.0653 e. The third-order valence-corrected chi connectivity index (χ3v) is 6.70. The van der Waals surface area contributed by atoms with Crippen LogP contribution in [0.2, 0.25) is 0 Å². The zero-order valence-corrected chi connectivity index (χ0v) is 15.1. The number of hydrogen-bond donors (Lipinski definition) is 1. The molecule has 1 nitrogen and oxygen atoms in total. The maximum Gasteiger partial charge on any atom is 0.0653 e. The molecule has 1 unspecified atom stereocenters. The van der Waals surface area contributed by atoms with E-state index in [1.54, 1.807) is 0 Å². The minimum absolute atomic E-state index is 0.406. The number of rotatable bonds is 2. The molecule has 19 heavy (non-hydrogen) atoms. The van der Waals surface area contributed by atoms with E-state index in [2.05, 4.69) is 67.7 Å². The zero-order valence-electron chi connectivity index (χ0n) is 10.3. The minimum Gasteiger partial charge on any atom is -0.377 e. The van der Waals surface area contributed by atoms with Crippen LogP contribution in [0.4, 0.5) is 5.69 Å². The van der Waals surface area contributed by atoms with Crippen molar-refractivity contribution in [3.05, 3.63) is 44.2 Å². The molecule has 1 aliphatic heterocycles. The summed E-state index contributed by atoms with van der Waals surface area (Å²) < 4.78 is 3.67. The summed E-state index contributed by atoms with van der Waals surface area (Å²) in [6.07, 6.45) is 1.16. The molecule has 2 aromatic rings. The summed E-state index contributed by atoms with van der Waals surface area (Å²) in [5.74, 6) is 0. The highest BCUT2D eigenvalue weighted by atomic mass is 79.9. The van der Waals surface area contributed by atoms with Crippen molar-refractivity contribution in [2.24, 2.45) is 0 Å². The van der Waals surface area contributed by atoms with E-state index in [0.717, 1.165) is 21.1 Å². The number of nitrogens with one attached hydrogen (secondary N) is 1. The van der Waals surface area contributed by atoms with Crippen molar-refractivity contribution in [1.29, 1.82) is 0 Å². The Morgan fingerprint density at radius 2 is 2.11 bits per heavy atom. The maximum atomic E-state index is 3.68. The molecule has 1 aliphatic rings. The quantitative estimate of drug-likeness (QED) is 0.612. The van der Waals surface area contributed by atoms with E-state index in [9.17, 15) is 0 Å². The molecule has 0 saturated heterocycles. The maximum absolute atomic E-state index is 3.68. The molecule has 3 rings (SSSR count). The number of benzene rings is 1. The van der Waals surface area contributed by atoms with Crippen LogP contribution in [0.3, 0.4) is 0 Å². The van der Waals surface area contributed by atoms with Gasteiger partial charge < -0.3 is 5.32 Å². The van der Waals surface area contributed by atoms with E-state index in [4.69, 9.17) is 0 Å². The van der Waals surface area contributed by atoms with Crippen LogP contribution in [0.1, 0.15) is 24.9 Å². The molecule has 1 N–H and O–H groups in total. The molecule has 0 amide bonds. The molecule has 1 aromatic heterocycles. The minimum atomic E-state index is 0.406. The fourth-order valence-electron chi connectivity index (χ4n) is 2.28. The number of hydrogen-bond acceptors (Lipinski definition) is 3. The van der Waals surface area contributed by atoms with Gasteiger partial charge in [-0.1, -0.05) is 22.9 Å². The molecule has 100 valence electrons. The molecular formula is C14H13Br2NS2. The van der Waals surface area contributed by atoms with E-state index < -0.39 is 0 Å². The summed E-state index contributed by atoms with van der Waals surface area (Å²) in [6, 6.07) is 8.90. The van der Waals surface area contributed by atoms with Gasteiger partial charge in [-0.25, -0.2) is 0 Å². The van der Waals surface area contributed by atoms with Crippen molar-refractivity contribution in [3.63, 3.8) is 0 Å². The van der Waals surface area contributed by atoms with Gasteiger partial charge in [-0.05, 0) is 57.6 Å². The number of thiophene rings is 1. The summed E-state index contributed by atoms with van der Waals surface area (Å²) in [4.78, 5) is 0. The average Bonchev–Trinajstić information content (AvgIpc) is 2.82. The molecular weight excluding hydrogens is 406 g/mol. The fraction of sp³-hybridized carbons (Fsp3) is 0.286. The second-order valence-electron chi connectivity index (χ2n) is 4.65. The van der Waals surface area contributed by atoms with Gasteiger partial charge in [-0.15, -0.1) is 23.1 Å². The Labute approximate surface area is 138 Å². The van der Waals surface area contributed by atoms with E-state index >= 15 is 0 Å². The van der Waals surface area contributed by atoms with Gasteiger partial charge >= 0.3 is 0 Å². The first kappa shape index (κ1) is 14.0. The van der Waals surface area contributed by atoms with Gasteiger partial charge in [0.1, 0.15) is 0 Å². The first-order valence-electron chi connectivity index (χ1n) is 6.09. The van der Waals surface area contributed by atoms with Gasteiger partial charge in [-0.2, -0.15) is 0 Å². The topological polar surface area (TPSA) is 12.0 Å². The Kier molecular flexibility index (Phi) is 4.27. The van der Waals surface area contributed by atoms with Crippen molar-refractivity contribution in [2.75, 3.05) is 5.32 Å². The molecule has 0 spiro atoms. The summed E-state index contributed by atoms with van der Waals surface area (Å²) >= 11 is 11.0. The lowest BCUT2D eigenvalue weighted by Gasteiger charge is -2.28. The van der Waals surface area contributed by atoms with Crippen LogP contribution in [0.25, 0.3) is 0 Å². The monoisotopic (exact) mass is 417 g/mol. The van der Waals surface area contributed by atoms with Crippen LogP contribution in [0, 0.1) is 0 Å². The van der Waals surface area contributed by atoms with Crippen molar-refractivity contribution >= 4 is 60.6 Å². The van der Waals surface area contributed by atoms with Crippen molar-refractivity contribution in [2.45, 2.75) is 28.8 Å². The third-order valence-electron chi connectivity index (χ3n) is 3.17. The molecule has 0 bridgehead atoms. The van der Waals surface area contributed by atoms with Crippen LogP contribution >= 0.6 is 55.0 Å². The number of anilines is 1. The number of fused-ring (bicyclic) bond motifs is 1. The predicted octanol–water partition coefficient (Wildman–Crippen LogP) is 6.31. The highest BCUT2D eigenvalue weighted by molar-refractivity contribution is 9.11. The van der Waals surface area contributed by atoms with Crippen molar-refractivity contribution in [3.8, 4) is 0 Å². The van der Waals surface area contributed by atoms with Crippen LogP contribution in [-0.2, 0) is 0 Å². The Morgan fingerprint density at radius 3 is 2.95 bits per heavy atom. The summed E-state index contributed by atoms with van der Waals surface area (Å²) in [5.41, 5.74) is 2.59. The SMILES string of the molecule is C[C@H]1CC(Nc2cc(Br)ccc2Br)c2ccsc2S1. The van der Waals surface area contributed by atoms with Gasteiger partial charge in [0.05, 0.1) is 15.9 Å². The van der Waals surface area contributed by atoms with Crippen LogP contribution in [-0.4, -0.2) is 5.25 Å². The summed E-state index contributed by atoms with van der Waals surface area (Å²) in [7, 11) is 0. The second kappa shape index (κ2) is 5.80. The first-order valence-corrected chi connectivity index (χ1v) is 9.43. The van der Waals surface area contributed by atoms with Gasteiger partial charge in [0, 0.05) is 14.2 Å². The van der Waals surface area contributed by atoms with Gasteiger partial charge in [0.15, 0.2) is 0 Å². The summed E-state index contributed by atoms with van der Waals surface area (Å²) in [6.45, 7) is 2.30. The van der Waals surface area contributed by atoms with Gasteiger partial charge in [0.25, 0.3) is 0 Å². The normalized spacial score (nSPS) is 22.1. The fourth-order valence-corrected chi connectivity index (χ4v) is 5.57. The molecule has 0 fully saturated rings. The Hall–Kier alpha value is 0.0300. The molecule has 0 radical (unpaired) electrons. The molecule has 2 atom stereocenters. The lowest BCUT2D eigenvalue weighted by molar-refractivity contribution is 0.669. The molecule has 5 heteroatoms. The van der Waals surface area contributed by atoms with Crippen molar-refractivity contribution < 1.29 is 0 Å². The largest absolute Gasteiger partial charge is 0.377 e. The third kappa shape index (κ3) is 3.04. The Bertz CT molecular complexity index is 597. The molecule has 1 aromatic carbocycles. The van der Waals surface area contributed by atoms with E-state index in [1.807, 2.05) is 29.2 Å². The lowest BCUT2D eigenvalue weighted by atomic mass is 10.0. The van der Waals surface area contributed by atoms with Gasteiger partial charge in [0.2, 0.25) is 0 Å². The summed E-state index contributed by atoms with van der Waals surface area (Å²) in [5, 5.41) is 6.54. The first-order chi connectivity index (χ1) is 9.13. The number of halogens is 2. The van der Waals surface area contributed by atoms with Crippen LogP contribution in [0.5, 0.6) is 0 Å². The van der Waals surface area contributed by atoms with Crippen LogP contribution < -0.4 is 5.32 Å².